The molecule has 0 atom stereocenters. The number of carbonyl (C=O) groups is 1. The minimum atomic E-state index is -3.60. The summed E-state index contributed by atoms with van der Waals surface area (Å²) in [5.74, 6) is 0.366. The molecule has 7 heteroatoms. The quantitative estimate of drug-likeness (QED) is 0.826. The number of nitrogens with one attached hydrogen (secondary N) is 1. The van der Waals surface area contributed by atoms with Crippen LogP contribution >= 0.6 is 11.6 Å². The molecule has 5 nitrogen and oxygen atoms in total. The number of amides is 1. The van der Waals surface area contributed by atoms with Crippen LogP contribution < -0.4 is 4.72 Å². The molecule has 0 unspecified atom stereocenters. The van der Waals surface area contributed by atoms with E-state index in [-0.39, 0.29) is 21.4 Å². The minimum Gasteiger partial charge on any atom is -0.338 e. The highest BCUT2D eigenvalue weighted by atomic mass is 35.5. The summed E-state index contributed by atoms with van der Waals surface area (Å²) < 4.78 is 26.0. The number of sulfonamides is 1. The molecule has 0 radical (unpaired) electrons. The van der Waals surface area contributed by atoms with Gasteiger partial charge in [-0.15, -0.1) is 0 Å². The second kappa shape index (κ2) is 6.98. The van der Waals surface area contributed by atoms with Gasteiger partial charge in [-0.05, 0) is 50.4 Å². The van der Waals surface area contributed by atoms with Gasteiger partial charge in [0.05, 0.1) is 15.5 Å². The Balaban J connectivity index is 2.32. The van der Waals surface area contributed by atoms with Crippen molar-refractivity contribution in [1.82, 2.24) is 9.62 Å². The van der Waals surface area contributed by atoms with Crippen LogP contribution in [0.4, 0.5) is 0 Å². The zero-order chi connectivity index (χ0) is 16.3. The second-order valence-corrected chi connectivity index (χ2v) is 7.84. The third-order valence-electron chi connectivity index (χ3n) is 3.70. The zero-order valence-corrected chi connectivity index (χ0v) is 14.4. The molecule has 0 aliphatic heterocycles. The number of carbonyl (C=O) groups excluding carboxylic acids is 1. The lowest BCUT2D eigenvalue weighted by molar-refractivity contribution is 0.0747. The van der Waals surface area contributed by atoms with Gasteiger partial charge in [0, 0.05) is 13.1 Å². The summed E-state index contributed by atoms with van der Waals surface area (Å²) in [4.78, 5) is 14.5. The van der Waals surface area contributed by atoms with E-state index in [0.29, 0.717) is 19.0 Å². The van der Waals surface area contributed by atoms with Crippen molar-refractivity contribution >= 4 is 27.5 Å². The van der Waals surface area contributed by atoms with Gasteiger partial charge in [-0.1, -0.05) is 18.5 Å². The molecule has 0 aromatic heterocycles. The van der Waals surface area contributed by atoms with Crippen molar-refractivity contribution in [3.05, 3.63) is 28.8 Å². The molecule has 1 fully saturated rings. The summed E-state index contributed by atoms with van der Waals surface area (Å²) in [5, 5.41) is 0.275. The van der Waals surface area contributed by atoms with E-state index in [9.17, 15) is 13.2 Å². The lowest BCUT2D eigenvalue weighted by atomic mass is 10.2. The molecule has 1 aromatic carbocycles. The van der Waals surface area contributed by atoms with Gasteiger partial charge < -0.3 is 4.90 Å². The van der Waals surface area contributed by atoms with Crippen molar-refractivity contribution in [2.75, 3.05) is 20.1 Å². The van der Waals surface area contributed by atoms with Crippen molar-refractivity contribution in [1.29, 1.82) is 0 Å². The van der Waals surface area contributed by atoms with Gasteiger partial charge in [-0.3, -0.25) is 4.79 Å². The first-order chi connectivity index (χ1) is 10.4. The van der Waals surface area contributed by atoms with Crippen LogP contribution in [0, 0.1) is 5.92 Å². The van der Waals surface area contributed by atoms with E-state index in [1.54, 1.807) is 4.90 Å². The summed E-state index contributed by atoms with van der Waals surface area (Å²) >= 11 is 6.12. The first-order valence-corrected chi connectivity index (χ1v) is 9.27. The lowest BCUT2D eigenvalue weighted by Gasteiger charge is -2.23. The van der Waals surface area contributed by atoms with Crippen LogP contribution in [-0.4, -0.2) is 39.4 Å². The lowest BCUT2D eigenvalue weighted by Crippen LogP contribution is -2.34. The van der Waals surface area contributed by atoms with Crippen LogP contribution in [-0.2, 0) is 10.0 Å². The molecule has 1 N–H and O–H groups in total. The summed E-state index contributed by atoms with van der Waals surface area (Å²) in [7, 11) is -2.26. The number of halogens is 1. The fourth-order valence-electron chi connectivity index (χ4n) is 2.28. The molecule has 1 amide bonds. The molecule has 122 valence electrons. The van der Waals surface area contributed by atoms with E-state index in [2.05, 4.69) is 4.72 Å². The van der Waals surface area contributed by atoms with Gasteiger partial charge in [0.2, 0.25) is 10.0 Å². The Morgan fingerprint density at radius 1 is 1.41 bits per heavy atom. The van der Waals surface area contributed by atoms with Crippen LogP contribution in [0.25, 0.3) is 0 Å². The fourth-order valence-corrected chi connectivity index (χ4v) is 3.24. The highest BCUT2D eigenvalue weighted by molar-refractivity contribution is 7.89. The predicted molar refractivity (Wildman–Crippen MR) is 86.6 cm³/mol. The smallest absolute Gasteiger partial charge is 0.255 e. The Bertz CT molecular complexity index is 657. The monoisotopic (exact) mass is 344 g/mol. The van der Waals surface area contributed by atoms with Crippen molar-refractivity contribution in [3.8, 4) is 0 Å². The summed E-state index contributed by atoms with van der Waals surface area (Å²) in [5.41, 5.74) is 0.243. The summed E-state index contributed by atoms with van der Waals surface area (Å²) in [6.45, 7) is 3.37. The highest BCUT2D eigenvalue weighted by Crippen LogP contribution is 2.31. The van der Waals surface area contributed by atoms with E-state index in [1.165, 1.54) is 25.2 Å². The van der Waals surface area contributed by atoms with E-state index >= 15 is 0 Å². The molecule has 1 aromatic rings. The molecule has 2 rings (SSSR count). The average molecular weight is 345 g/mol. The van der Waals surface area contributed by atoms with Gasteiger partial charge >= 0.3 is 0 Å². The molecule has 1 aliphatic rings. The number of hydrogen-bond donors (Lipinski definition) is 1. The average Bonchev–Trinajstić information content (AvgIpc) is 3.30. The maximum Gasteiger partial charge on any atom is 0.255 e. The zero-order valence-electron chi connectivity index (χ0n) is 12.8. The van der Waals surface area contributed by atoms with Crippen molar-refractivity contribution in [2.45, 2.75) is 31.1 Å². The first kappa shape index (κ1) is 17.2. The van der Waals surface area contributed by atoms with E-state index in [1.807, 2.05) is 6.92 Å². The summed E-state index contributed by atoms with van der Waals surface area (Å²) in [6, 6.07) is 4.21. The van der Waals surface area contributed by atoms with Gasteiger partial charge in [0.1, 0.15) is 0 Å². The first-order valence-electron chi connectivity index (χ1n) is 7.41. The Hall–Kier alpha value is -1.11. The van der Waals surface area contributed by atoms with Crippen molar-refractivity contribution in [2.24, 2.45) is 5.92 Å². The third-order valence-corrected chi connectivity index (χ3v) is 5.45. The van der Waals surface area contributed by atoms with Crippen molar-refractivity contribution < 1.29 is 13.2 Å². The molecule has 0 spiro atoms. The predicted octanol–water partition coefficient (Wildman–Crippen LogP) is 2.51. The van der Waals surface area contributed by atoms with E-state index in [4.69, 9.17) is 11.6 Å². The topological polar surface area (TPSA) is 66.5 Å². The van der Waals surface area contributed by atoms with Gasteiger partial charge in [-0.2, -0.15) is 0 Å². The molecule has 1 saturated carbocycles. The highest BCUT2D eigenvalue weighted by Gasteiger charge is 2.28. The van der Waals surface area contributed by atoms with Gasteiger partial charge in [0.25, 0.3) is 5.91 Å². The van der Waals surface area contributed by atoms with Crippen LogP contribution in [0.15, 0.2) is 23.1 Å². The molecule has 22 heavy (non-hydrogen) atoms. The van der Waals surface area contributed by atoms with E-state index in [0.717, 1.165) is 19.3 Å². The van der Waals surface area contributed by atoms with Gasteiger partial charge in [0.15, 0.2) is 0 Å². The van der Waals surface area contributed by atoms with Crippen LogP contribution in [0.1, 0.15) is 36.5 Å². The Kier molecular flexibility index (Phi) is 5.47. The van der Waals surface area contributed by atoms with Crippen LogP contribution in [0.3, 0.4) is 0 Å². The molecule has 0 heterocycles. The summed E-state index contributed by atoms with van der Waals surface area (Å²) in [6.07, 6.45) is 3.15. The van der Waals surface area contributed by atoms with E-state index < -0.39 is 10.0 Å². The maximum absolute atomic E-state index is 12.7. The molecule has 0 saturated heterocycles. The van der Waals surface area contributed by atoms with Crippen LogP contribution in [0.5, 0.6) is 0 Å². The normalized spacial score (nSPS) is 14.9. The number of nitrogens with zero attached hydrogens (tertiary/aromatic N) is 1. The van der Waals surface area contributed by atoms with Crippen molar-refractivity contribution in [3.63, 3.8) is 0 Å². The Morgan fingerprint density at radius 2 is 2.09 bits per heavy atom. The molecule has 1 aliphatic carbocycles. The number of hydrogen-bond acceptors (Lipinski definition) is 3. The maximum atomic E-state index is 12.7. The van der Waals surface area contributed by atoms with Gasteiger partial charge in [-0.25, -0.2) is 13.1 Å². The second-order valence-electron chi connectivity index (χ2n) is 5.54. The fraction of sp³-hybridized carbons (Fsp3) is 0.533. The third kappa shape index (κ3) is 4.00. The molecule has 0 bridgehead atoms. The standard InChI is InChI=1S/C15H21ClN2O3S/c1-3-8-18(10-11-4-5-11)15(19)13-9-12(6-7-14(13)16)22(20,21)17-2/h6-7,9,11,17H,3-5,8,10H2,1-2H3. The van der Waals surface area contributed by atoms with Crippen LogP contribution in [0.2, 0.25) is 5.02 Å². The molecular weight excluding hydrogens is 324 g/mol. The Labute approximate surface area is 136 Å². The number of rotatable bonds is 7. The number of benzene rings is 1. The SMILES string of the molecule is CCCN(CC1CC1)C(=O)c1cc(S(=O)(=O)NC)ccc1Cl. The minimum absolute atomic E-state index is 0.0469. The largest absolute Gasteiger partial charge is 0.338 e. The Morgan fingerprint density at radius 3 is 2.64 bits per heavy atom. The molecular formula is C15H21ClN2O3S.